The maximum atomic E-state index is 13.6. The first kappa shape index (κ1) is 33.1. The standard InChI is InChI=1S/C36H38ClF3N2O2/c1-26(2)35(43)41-23-27-12-9-18-31(22-27)44-21-11-20-42(24-30-17-10-19-33(34(30)37)36(38,39)40)25-32(28-13-5-3-6-14-28)29-15-7-4-8-16-29/h3-10,12-19,22,26,32H,11,20-21,23-25H2,1-2H3,(H,41,43). The molecule has 0 atom stereocenters. The number of rotatable bonds is 14. The Hall–Kier alpha value is -3.81. The summed E-state index contributed by atoms with van der Waals surface area (Å²) in [6.07, 6.45) is -3.89. The van der Waals surface area contributed by atoms with Gasteiger partial charge in [0.1, 0.15) is 5.75 Å². The van der Waals surface area contributed by atoms with Crippen LogP contribution >= 0.6 is 11.6 Å². The molecule has 4 rings (SSSR count). The van der Waals surface area contributed by atoms with E-state index in [9.17, 15) is 18.0 Å². The Morgan fingerprint density at radius 2 is 1.52 bits per heavy atom. The van der Waals surface area contributed by atoms with Gasteiger partial charge in [0, 0.05) is 38.0 Å². The average molecular weight is 623 g/mol. The highest BCUT2D eigenvalue weighted by molar-refractivity contribution is 6.32. The second-order valence-electron chi connectivity index (χ2n) is 11.1. The molecular formula is C36H38ClF3N2O2. The van der Waals surface area contributed by atoms with Gasteiger partial charge in [0.2, 0.25) is 5.91 Å². The van der Waals surface area contributed by atoms with Crippen LogP contribution in [0, 0.1) is 5.92 Å². The number of carbonyl (C=O) groups is 1. The molecule has 8 heteroatoms. The van der Waals surface area contributed by atoms with Crippen molar-refractivity contribution in [3.8, 4) is 5.75 Å². The molecule has 0 saturated heterocycles. The number of alkyl halides is 3. The second-order valence-corrected chi connectivity index (χ2v) is 11.5. The summed E-state index contributed by atoms with van der Waals surface area (Å²) in [7, 11) is 0. The van der Waals surface area contributed by atoms with Crippen LogP contribution < -0.4 is 10.1 Å². The van der Waals surface area contributed by atoms with Gasteiger partial charge in [-0.15, -0.1) is 0 Å². The van der Waals surface area contributed by atoms with E-state index in [1.165, 1.54) is 6.07 Å². The average Bonchev–Trinajstić information content (AvgIpc) is 3.02. The van der Waals surface area contributed by atoms with E-state index >= 15 is 0 Å². The summed E-state index contributed by atoms with van der Waals surface area (Å²) in [6, 6.07) is 31.9. The Kier molecular flexibility index (Phi) is 11.9. The van der Waals surface area contributed by atoms with Crippen molar-refractivity contribution in [3.63, 3.8) is 0 Å². The van der Waals surface area contributed by atoms with E-state index in [0.29, 0.717) is 44.0 Å². The zero-order valence-electron chi connectivity index (χ0n) is 25.0. The SMILES string of the molecule is CC(C)C(=O)NCc1cccc(OCCCN(Cc2cccc(C(F)(F)F)c2Cl)CC(c2ccccc2)c2ccccc2)c1. The normalized spacial score (nSPS) is 11.8. The Bertz CT molecular complexity index is 1440. The van der Waals surface area contributed by atoms with Gasteiger partial charge in [-0.2, -0.15) is 13.2 Å². The third-order valence-corrected chi connectivity index (χ3v) is 7.85. The molecular weight excluding hydrogens is 585 g/mol. The van der Waals surface area contributed by atoms with Crippen molar-refractivity contribution >= 4 is 17.5 Å². The van der Waals surface area contributed by atoms with E-state index in [1.54, 1.807) is 6.07 Å². The monoisotopic (exact) mass is 622 g/mol. The van der Waals surface area contributed by atoms with Crippen LogP contribution in [0.4, 0.5) is 13.2 Å². The topological polar surface area (TPSA) is 41.6 Å². The van der Waals surface area contributed by atoms with Gasteiger partial charge in [0.25, 0.3) is 0 Å². The summed E-state index contributed by atoms with van der Waals surface area (Å²) in [5.74, 6) is 0.592. The van der Waals surface area contributed by atoms with Crippen LogP contribution in [0.5, 0.6) is 5.75 Å². The molecule has 0 spiro atoms. The Labute approximate surface area is 262 Å². The fraction of sp³-hybridized carbons (Fsp3) is 0.306. The molecule has 0 heterocycles. The molecule has 0 aromatic heterocycles. The summed E-state index contributed by atoms with van der Waals surface area (Å²) < 4.78 is 47.0. The van der Waals surface area contributed by atoms with Gasteiger partial charge in [0.15, 0.2) is 0 Å². The molecule has 44 heavy (non-hydrogen) atoms. The lowest BCUT2D eigenvalue weighted by Crippen LogP contribution is -2.31. The summed E-state index contributed by atoms with van der Waals surface area (Å²) >= 11 is 6.33. The maximum Gasteiger partial charge on any atom is 0.417 e. The summed E-state index contributed by atoms with van der Waals surface area (Å²) in [6.45, 7) is 5.93. The maximum absolute atomic E-state index is 13.6. The molecule has 1 amide bonds. The number of nitrogens with one attached hydrogen (secondary N) is 1. The number of ether oxygens (including phenoxy) is 1. The van der Waals surface area contributed by atoms with Crippen molar-refractivity contribution in [2.45, 2.75) is 45.5 Å². The predicted molar refractivity (Wildman–Crippen MR) is 170 cm³/mol. The molecule has 0 aliphatic heterocycles. The van der Waals surface area contributed by atoms with Gasteiger partial charge < -0.3 is 10.1 Å². The van der Waals surface area contributed by atoms with E-state index in [2.05, 4.69) is 34.5 Å². The van der Waals surface area contributed by atoms with Crippen LogP contribution in [-0.4, -0.2) is 30.5 Å². The smallest absolute Gasteiger partial charge is 0.417 e. The highest BCUT2D eigenvalue weighted by Gasteiger charge is 2.34. The van der Waals surface area contributed by atoms with Gasteiger partial charge in [-0.25, -0.2) is 0 Å². The van der Waals surface area contributed by atoms with Crippen LogP contribution in [-0.2, 0) is 24.1 Å². The van der Waals surface area contributed by atoms with Crippen LogP contribution in [0.2, 0.25) is 5.02 Å². The zero-order chi connectivity index (χ0) is 31.5. The van der Waals surface area contributed by atoms with Crippen LogP contribution in [0.15, 0.2) is 103 Å². The highest BCUT2D eigenvalue weighted by atomic mass is 35.5. The number of halogens is 4. The highest BCUT2D eigenvalue weighted by Crippen LogP contribution is 2.37. The van der Waals surface area contributed by atoms with E-state index in [1.807, 2.05) is 74.5 Å². The lowest BCUT2D eigenvalue weighted by molar-refractivity contribution is -0.137. The van der Waals surface area contributed by atoms with Crippen LogP contribution in [0.1, 0.15) is 54.0 Å². The van der Waals surface area contributed by atoms with Crippen molar-refractivity contribution in [3.05, 3.63) is 136 Å². The van der Waals surface area contributed by atoms with Gasteiger partial charge in [0.05, 0.1) is 17.2 Å². The van der Waals surface area contributed by atoms with E-state index < -0.39 is 11.7 Å². The van der Waals surface area contributed by atoms with Crippen molar-refractivity contribution in [2.24, 2.45) is 5.92 Å². The molecule has 4 nitrogen and oxygen atoms in total. The Balaban J connectivity index is 1.50. The molecule has 0 saturated carbocycles. The molecule has 0 radical (unpaired) electrons. The van der Waals surface area contributed by atoms with Crippen molar-refractivity contribution in [1.29, 1.82) is 0 Å². The number of hydrogen-bond acceptors (Lipinski definition) is 3. The number of carbonyl (C=O) groups excluding carboxylic acids is 1. The van der Waals surface area contributed by atoms with E-state index in [-0.39, 0.29) is 29.3 Å². The van der Waals surface area contributed by atoms with Crippen molar-refractivity contribution in [2.75, 3.05) is 19.7 Å². The summed E-state index contributed by atoms with van der Waals surface area (Å²) in [5.41, 5.74) is 2.78. The third-order valence-electron chi connectivity index (χ3n) is 7.40. The predicted octanol–water partition coefficient (Wildman–Crippen LogP) is 8.73. The molecule has 0 unspecified atom stereocenters. The Morgan fingerprint density at radius 3 is 2.14 bits per heavy atom. The van der Waals surface area contributed by atoms with Crippen LogP contribution in [0.3, 0.4) is 0 Å². The largest absolute Gasteiger partial charge is 0.494 e. The minimum absolute atomic E-state index is 0.000578. The molecule has 0 bridgehead atoms. The van der Waals surface area contributed by atoms with E-state index in [0.717, 1.165) is 22.8 Å². The minimum Gasteiger partial charge on any atom is -0.494 e. The van der Waals surface area contributed by atoms with Crippen LogP contribution in [0.25, 0.3) is 0 Å². The second kappa shape index (κ2) is 15.8. The molecule has 0 fully saturated rings. The molecule has 0 aliphatic rings. The van der Waals surface area contributed by atoms with Crippen molar-refractivity contribution in [1.82, 2.24) is 10.2 Å². The first-order chi connectivity index (χ1) is 21.1. The first-order valence-corrected chi connectivity index (χ1v) is 15.2. The van der Waals surface area contributed by atoms with E-state index in [4.69, 9.17) is 16.3 Å². The van der Waals surface area contributed by atoms with Gasteiger partial charge in [-0.1, -0.05) is 110 Å². The fourth-order valence-electron chi connectivity index (χ4n) is 5.05. The molecule has 4 aromatic rings. The quantitative estimate of drug-likeness (QED) is 0.143. The molecule has 1 N–H and O–H groups in total. The molecule has 0 aliphatic carbocycles. The fourth-order valence-corrected chi connectivity index (χ4v) is 5.34. The van der Waals surface area contributed by atoms with Gasteiger partial charge >= 0.3 is 6.18 Å². The van der Waals surface area contributed by atoms with Crippen molar-refractivity contribution < 1.29 is 22.7 Å². The van der Waals surface area contributed by atoms with Gasteiger partial charge in [-0.05, 0) is 46.9 Å². The lowest BCUT2D eigenvalue weighted by atomic mass is 9.90. The minimum atomic E-state index is -4.53. The molecule has 4 aromatic carbocycles. The number of amides is 1. The summed E-state index contributed by atoms with van der Waals surface area (Å²) in [4.78, 5) is 14.1. The molecule has 232 valence electrons. The lowest BCUT2D eigenvalue weighted by Gasteiger charge is -2.29. The number of benzene rings is 4. The third kappa shape index (κ3) is 9.60. The number of nitrogens with zero attached hydrogens (tertiary/aromatic N) is 1. The van der Waals surface area contributed by atoms with Gasteiger partial charge in [-0.3, -0.25) is 9.69 Å². The first-order valence-electron chi connectivity index (χ1n) is 14.8. The zero-order valence-corrected chi connectivity index (χ0v) is 25.7. The Morgan fingerprint density at radius 1 is 0.886 bits per heavy atom. The number of hydrogen-bond donors (Lipinski definition) is 1. The summed E-state index contributed by atoms with van der Waals surface area (Å²) in [5, 5.41) is 2.65.